The van der Waals surface area contributed by atoms with Crippen LogP contribution in [0.2, 0.25) is 0 Å². The number of hydrogen-bond acceptors (Lipinski definition) is 0. The van der Waals surface area contributed by atoms with Crippen LogP contribution in [-0.2, 0) is 0 Å². The van der Waals surface area contributed by atoms with Gasteiger partial charge in [0.15, 0.2) is 0 Å². The van der Waals surface area contributed by atoms with Gasteiger partial charge in [-0.15, -0.1) is 0 Å². The Balaban J connectivity index is 4.99. The molecule has 0 spiro atoms. The van der Waals surface area contributed by atoms with E-state index in [2.05, 4.69) is 59.1 Å². The monoisotopic (exact) mass is 228 g/mol. The minimum absolute atomic E-state index is 0.0147. The molecule has 0 heterocycles. The van der Waals surface area contributed by atoms with Crippen LogP contribution in [0.3, 0.4) is 0 Å². The van der Waals surface area contributed by atoms with E-state index in [-0.39, 0.29) is 5.41 Å². The average Bonchev–Trinajstić information content (AvgIpc) is 2.24. The summed E-state index contributed by atoms with van der Waals surface area (Å²) >= 11 is 0. The van der Waals surface area contributed by atoms with Crippen molar-refractivity contribution in [2.45, 2.75) is 27.7 Å². The highest BCUT2D eigenvalue weighted by molar-refractivity contribution is 5.33. The highest BCUT2D eigenvalue weighted by atomic mass is 14.2. The third kappa shape index (κ3) is 6.57. The molecule has 17 heavy (non-hydrogen) atoms. The molecule has 0 aliphatic heterocycles. The highest BCUT2D eigenvalue weighted by Gasteiger charge is 2.16. The maximum atomic E-state index is 3.88. The predicted molar refractivity (Wildman–Crippen MR) is 80.0 cm³/mol. The minimum Gasteiger partial charge on any atom is -0.0991 e. The van der Waals surface area contributed by atoms with E-state index < -0.39 is 0 Å². The van der Waals surface area contributed by atoms with Crippen LogP contribution < -0.4 is 0 Å². The predicted octanol–water partition coefficient (Wildman–Crippen LogP) is 5.39. The van der Waals surface area contributed by atoms with Crippen LogP contribution in [0.5, 0.6) is 0 Å². The van der Waals surface area contributed by atoms with Crippen LogP contribution in [0.4, 0.5) is 0 Å². The Morgan fingerprint density at radius 2 is 1.59 bits per heavy atom. The summed E-state index contributed by atoms with van der Waals surface area (Å²) in [4.78, 5) is 0. The molecule has 0 fully saturated rings. The van der Waals surface area contributed by atoms with Crippen molar-refractivity contribution >= 4 is 0 Å². The van der Waals surface area contributed by atoms with Gasteiger partial charge in [-0.2, -0.15) is 0 Å². The molecule has 0 aliphatic carbocycles. The fraction of sp³-hybridized carbons (Fsp3) is 0.294. The van der Waals surface area contributed by atoms with Gasteiger partial charge >= 0.3 is 0 Å². The van der Waals surface area contributed by atoms with Gasteiger partial charge in [-0.25, -0.2) is 0 Å². The van der Waals surface area contributed by atoms with Gasteiger partial charge in [-0.1, -0.05) is 81.2 Å². The van der Waals surface area contributed by atoms with E-state index in [4.69, 9.17) is 0 Å². The molecule has 0 nitrogen and oxygen atoms in total. The number of hydrogen-bond donors (Lipinski definition) is 0. The summed E-state index contributed by atoms with van der Waals surface area (Å²) in [5, 5.41) is 0. The molecule has 0 aromatic carbocycles. The third-order valence-corrected chi connectivity index (χ3v) is 2.43. The summed E-state index contributed by atoms with van der Waals surface area (Å²) in [5.41, 5.74) is 2.48. The van der Waals surface area contributed by atoms with Gasteiger partial charge in [-0.3, -0.25) is 0 Å². The molecule has 0 heteroatoms. The van der Waals surface area contributed by atoms with E-state index in [1.807, 2.05) is 24.3 Å². The van der Waals surface area contributed by atoms with Crippen molar-refractivity contribution < 1.29 is 0 Å². The van der Waals surface area contributed by atoms with Crippen LogP contribution >= 0.6 is 0 Å². The van der Waals surface area contributed by atoms with Crippen molar-refractivity contribution in [1.82, 2.24) is 0 Å². The Labute approximate surface area is 106 Å². The lowest BCUT2D eigenvalue weighted by Crippen LogP contribution is -2.09. The van der Waals surface area contributed by atoms with Gasteiger partial charge in [0.2, 0.25) is 0 Å². The van der Waals surface area contributed by atoms with E-state index in [0.29, 0.717) is 0 Å². The molecule has 0 N–H and O–H groups in total. The second-order valence-corrected chi connectivity index (χ2v) is 4.77. The van der Waals surface area contributed by atoms with E-state index in [1.165, 1.54) is 11.1 Å². The lowest BCUT2D eigenvalue weighted by atomic mass is 9.83. The second-order valence-electron chi connectivity index (χ2n) is 4.77. The van der Waals surface area contributed by atoms with Crippen molar-refractivity contribution in [2.24, 2.45) is 5.41 Å². The van der Waals surface area contributed by atoms with Crippen molar-refractivity contribution in [2.75, 3.05) is 0 Å². The molecule has 0 radical (unpaired) electrons. The largest absolute Gasteiger partial charge is 0.0991 e. The molecule has 0 atom stereocenters. The van der Waals surface area contributed by atoms with E-state index in [9.17, 15) is 0 Å². The maximum absolute atomic E-state index is 3.88. The zero-order valence-corrected chi connectivity index (χ0v) is 11.5. The summed E-state index contributed by atoms with van der Waals surface area (Å²) in [6.07, 6.45) is 16.0. The molecule has 0 rings (SSSR count). The summed E-state index contributed by atoms with van der Waals surface area (Å²) in [7, 11) is 0. The first-order valence-electron chi connectivity index (χ1n) is 5.89. The van der Waals surface area contributed by atoms with Crippen LogP contribution in [0.25, 0.3) is 0 Å². The quantitative estimate of drug-likeness (QED) is 0.535. The minimum atomic E-state index is -0.0147. The third-order valence-electron chi connectivity index (χ3n) is 2.43. The van der Waals surface area contributed by atoms with E-state index in [0.717, 1.165) is 0 Å². The molecule has 0 aromatic rings. The molecule has 0 saturated carbocycles. The van der Waals surface area contributed by atoms with Crippen molar-refractivity contribution in [3.05, 3.63) is 72.9 Å². The molecule has 0 amide bonds. The number of allylic oxidation sites excluding steroid dienone is 10. The Kier molecular flexibility index (Phi) is 6.97. The molecule has 0 unspecified atom stereocenters. The molecular formula is C17H24. The smallest absolute Gasteiger partial charge is 0.00782 e. The molecule has 0 aromatic heterocycles. The van der Waals surface area contributed by atoms with Crippen LogP contribution in [-0.4, -0.2) is 0 Å². The molecule has 92 valence electrons. The molecule has 0 saturated heterocycles. The van der Waals surface area contributed by atoms with Crippen LogP contribution in [0.1, 0.15) is 27.7 Å². The van der Waals surface area contributed by atoms with Crippen molar-refractivity contribution in [3.63, 3.8) is 0 Å². The Morgan fingerprint density at radius 3 is 2.06 bits per heavy atom. The Bertz CT molecular complexity index is 367. The van der Waals surface area contributed by atoms with E-state index >= 15 is 0 Å². The van der Waals surface area contributed by atoms with Gasteiger partial charge in [0.25, 0.3) is 0 Å². The van der Waals surface area contributed by atoms with Gasteiger partial charge < -0.3 is 0 Å². The summed E-state index contributed by atoms with van der Waals surface area (Å²) < 4.78 is 0. The SMILES string of the molecule is C=C/C=C\C=C\C(C)(C)/C(C=C)=C/C=C(C)C. The van der Waals surface area contributed by atoms with E-state index in [1.54, 1.807) is 6.08 Å². The fourth-order valence-corrected chi connectivity index (χ4v) is 1.34. The van der Waals surface area contributed by atoms with Crippen LogP contribution in [0.15, 0.2) is 72.9 Å². The molecule has 0 bridgehead atoms. The standard InChI is InChI=1S/C17H24/c1-7-9-10-11-14-17(5,6)16(8-2)13-12-15(3)4/h7-14H,1-2H2,3-6H3/b10-9-,14-11+,16-13+. The summed E-state index contributed by atoms with van der Waals surface area (Å²) in [6, 6.07) is 0. The zero-order chi connectivity index (χ0) is 13.3. The zero-order valence-electron chi connectivity index (χ0n) is 11.5. The first kappa shape index (κ1) is 15.4. The lowest BCUT2D eigenvalue weighted by Gasteiger charge is -2.21. The maximum Gasteiger partial charge on any atom is 0.00782 e. The fourth-order valence-electron chi connectivity index (χ4n) is 1.34. The topological polar surface area (TPSA) is 0 Å². The van der Waals surface area contributed by atoms with Gasteiger partial charge in [0, 0.05) is 5.41 Å². The Hall–Kier alpha value is -1.56. The first-order chi connectivity index (χ1) is 7.94. The van der Waals surface area contributed by atoms with Crippen molar-refractivity contribution in [3.8, 4) is 0 Å². The highest BCUT2D eigenvalue weighted by Crippen LogP contribution is 2.28. The average molecular weight is 228 g/mol. The number of rotatable bonds is 6. The lowest BCUT2D eigenvalue weighted by molar-refractivity contribution is 0.595. The molecule has 0 aliphatic rings. The van der Waals surface area contributed by atoms with Crippen LogP contribution in [0, 0.1) is 5.41 Å². The summed E-state index contributed by atoms with van der Waals surface area (Å²) in [6.45, 7) is 16.1. The van der Waals surface area contributed by atoms with Gasteiger partial charge in [0.1, 0.15) is 0 Å². The van der Waals surface area contributed by atoms with Crippen molar-refractivity contribution in [1.29, 1.82) is 0 Å². The molecular weight excluding hydrogens is 204 g/mol. The van der Waals surface area contributed by atoms with Gasteiger partial charge in [-0.05, 0) is 19.4 Å². The Morgan fingerprint density at radius 1 is 0.941 bits per heavy atom. The normalized spacial score (nSPS) is 13.1. The summed E-state index contributed by atoms with van der Waals surface area (Å²) in [5.74, 6) is 0. The second kappa shape index (κ2) is 7.67. The first-order valence-corrected chi connectivity index (χ1v) is 5.89. The van der Waals surface area contributed by atoms with Gasteiger partial charge in [0.05, 0.1) is 0 Å².